The Labute approximate surface area is 188 Å². The van der Waals surface area contributed by atoms with E-state index in [1.807, 2.05) is 45.0 Å². The average molecular weight is 443 g/mol. The molecule has 0 unspecified atom stereocenters. The van der Waals surface area contributed by atoms with Gasteiger partial charge in [-0.05, 0) is 45.0 Å². The number of nitrogens with zero attached hydrogens (tertiary/aromatic N) is 3. The van der Waals surface area contributed by atoms with Crippen LogP contribution in [0, 0.1) is 0 Å². The van der Waals surface area contributed by atoms with Gasteiger partial charge in [-0.1, -0.05) is 6.58 Å². The van der Waals surface area contributed by atoms with Gasteiger partial charge in [-0.2, -0.15) is 0 Å². The van der Waals surface area contributed by atoms with Crippen molar-refractivity contribution in [2.24, 2.45) is 0 Å². The minimum atomic E-state index is -0.500. The Hall–Kier alpha value is -3.49. The number of rotatable bonds is 7. The number of hydrogen-bond donors (Lipinski definition) is 1. The van der Waals surface area contributed by atoms with Crippen molar-refractivity contribution in [2.75, 3.05) is 20.2 Å². The van der Waals surface area contributed by atoms with E-state index in [1.54, 1.807) is 24.1 Å². The van der Waals surface area contributed by atoms with Crippen LogP contribution in [-0.2, 0) is 4.74 Å². The van der Waals surface area contributed by atoms with Crippen LogP contribution in [0.5, 0.6) is 17.5 Å². The summed E-state index contributed by atoms with van der Waals surface area (Å²) in [4.78, 5) is 19.3. The number of ether oxygens (including phenoxy) is 3. The summed E-state index contributed by atoms with van der Waals surface area (Å²) in [5, 5.41) is 8.08. The first-order valence-corrected chi connectivity index (χ1v) is 10.5. The number of carbonyl (C=O) groups excluding carboxylic acids is 1. The largest absolute Gasteiger partial charge is 0.497 e. The molecule has 32 heavy (non-hydrogen) atoms. The molecular weight excluding hydrogens is 412 g/mol. The van der Waals surface area contributed by atoms with Crippen LogP contribution < -0.4 is 19.8 Å². The number of piperidine rings is 1. The first kappa shape index (κ1) is 23.2. The lowest BCUT2D eigenvalue weighted by atomic mass is 10.1. The van der Waals surface area contributed by atoms with E-state index in [1.165, 1.54) is 0 Å². The highest BCUT2D eigenvalue weighted by molar-refractivity contribution is 5.68. The summed E-state index contributed by atoms with van der Waals surface area (Å²) in [6, 6.07) is 10.8. The molecule has 0 aliphatic carbocycles. The molecule has 0 saturated carbocycles. The van der Waals surface area contributed by atoms with E-state index in [9.17, 15) is 4.79 Å². The molecule has 9 nitrogen and oxygen atoms in total. The number of nitrogens with one attached hydrogen (secondary N) is 1. The molecule has 172 valence electrons. The average Bonchev–Trinajstić information content (AvgIpc) is 2.78. The molecule has 0 atom stereocenters. The van der Waals surface area contributed by atoms with Crippen LogP contribution in [0.4, 0.5) is 4.79 Å². The van der Waals surface area contributed by atoms with Crippen LogP contribution >= 0.6 is 0 Å². The van der Waals surface area contributed by atoms with Crippen molar-refractivity contribution in [3.05, 3.63) is 48.5 Å². The summed E-state index contributed by atoms with van der Waals surface area (Å²) in [7, 11) is 1.62. The maximum absolute atomic E-state index is 12.2. The minimum absolute atomic E-state index is 0.0391. The van der Waals surface area contributed by atoms with Crippen LogP contribution in [0.15, 0.2) is 43.0 Å². The standard InChI is InChI=1S/C23H30N4O5/c1-16(17-6-8-18(29-5)9-7-17)26-32-21-11-10-20(24-25-21)30-19-12-14-27(15-13-19)22(28)31-23(2,3)4/h6-11,19,26H,1,12-15H2,2-5H3. The zero-order chi connectivity index (χ0) is 23.1. The highest BCUT2D eigenvalue weighted by atomic mass is 16.7. The van der Waals surface area contributed by atoms with Crippen molar-refractivity contribution < 1.29 is 23.8 Å². The molecule has 0 radical (unpaired) electrons. The Bertz CT molecular complexity index is 901. The molecule has 2 heterocycles. The Balaban J connectivity index is 1.43. The second kappa shape index (κ2) is 10.2. The third kappa shape index (κ3) is 6.76. The smallest absolute Gasteiger partial charge is 0.410 e. The van der Waals surface area contributed by atoms with Gasteiger partial charge in [-0.3, -0.25) is 0 Å². The normalized spacial score (nSPS) is 14.4. The van der Waals surface area contributed by atoms with Crippen LogP contribution in [-0.4, -0.2) is 53.1 Å². The lowest BCUT2D eigenvalue weighted by molar-refractivity contribution is 0.0122. The molecule has 1 saturated heterocycles. The molecule has 1 N–H and O–H groups in total. The molecule has 1 aromatic heterocycles. The third-order valence-corrected chi connectivity index (χ3v) is 4.71. The Morgan fingerprint density at radius 1 is 1.06 bits per heavy atom. The number of carbonyl (C=O) groups is 1. The second-order valence-corrected chi connectivity index (χ2v) is 8.41. The van der Waals surface area contributed by atoms with Gasteiger partial charge in [-0.25, -0.2) is 10.3 Å². The van der Waals surface area contributed by atoms with Gasteiger partial charge in [0.05, 0.1) is 12.8 Å². The molecule has 1 amide bonds. The fourth-order valence-electron chi connectivity index (χ4n) is 3.04. The Morgan fingerprint density at radius 3 is 2.25 bits per heavy atom. The van der Waals surface area contributed by atoms with Crippen LogP contribution in [0.1, 0.15) is 39.2 Å². The second-order valence-electron chi connectivity index (χ2n) is 8.41. The lowest BCUT2D eigenvalue weighted by Crippen LogP contribution is -2.44. The molecule has 1 fully saturated rings. The summed E-state index contributed by atoms with van der Waals surface area (Å²) in [6.07, 6.45) is 1.06. The maximum Gasteiger partial charge on any atom is 0.410 e. The van der Waals surface area contributed by atoms with Gasteiger partial charge in [0.25, 0.3) is 5.88 Å². The quantitative estimate of drug-likeness (QED) is 0.647. The fourth-order valence-corrected chi connectivity index (χ4v) is 3.04. The monoisotopic (exact) mass is 442 g/mol. The van der Waals surface area contributed by atoms with Gasteiger partial charge in [0.15, 0.2) is 0 Å². The topological polar surface area (TPSA) is 95.0 Å². The molecular formula is C23H30N4O5. The number of likely N-dealkylation sites (tertiary alicyclic amines) is 1. The first-order valence-electron chi connectivity index (χ1n) is 10.5. The van der Waals surface area contributed by atoms with Crippen molar-refractivity contribution in [1.29, 1.82) is 0 Å². The highest BCUT2D eigenvalue weighted by Crippen LogP contribution is 2.20. The van der Waals surface area contributed by atoms with E-state index >= 15 is 0 Å². The number of methoxy groups -OCH3 is 1. The van der Waals surface area contributed by atoms with Gasteiger partial charge in [0.2, 0.25) is 5.88 Å². The zero-order valence-electron chi connectivity index (χ0n) is 19.0. The van der Waals surface area contributed by atoms with E-state index in [4.69, 9.17) is 19.0 Å². The fraction of sp³-hybridized carbons (Fsp3) is 0.435. The lowest BCUT2D eigenvalue weighted by Gasteiger charge is -2.33. The van der Waals surface area contributed by atoms with Crippen LogP contribution in [0.25, 0.3) is 5.70 Å². The Morgan fingerprint density at radius 2 is 1.69 bits per heavy atom. The summed E-state index contributed by atoms with van der Waals surface area (Å²) in [6.45, 7) is 10.7. The predicted octanol–water partition coefficient (Wildman–Crippen LogP) is 3.82. The molecule has 3 rings (SSSR count). The van der Waals surface area contributed by atoms with Gasteiger partial charge >= 0.3 is 6.09 Å². The van der Waals surface area contributed by atoms with E-state index in [0.717, 1.165) is 11.3 Å². The predicted molar refractivity (Wildman–Crippen MR) is 119 cm³/mol. The van der Waals surface area contributed by atoms with E-state index in [0.29, 0.717) is 37.5 Å². The number of benzene rings is 1. The van der Waals surface area contributed by atoms with Crippen molar-refractivity contribution in [3.63, 3.8) is 0 Å². The molecule has 1 aliphatic heterocycles. The van der Waals surface area contributed by atoms with Gasteiger partial charge in [-0.15, -0.1) is 10.2 Å². The van der Waals surface area contributed by atoms with Crippen molar-refractivity contribution in [3.8, 4) is 17.5 Å². The van der Waals surface area contributed by atoms with Crippen molar-refractivity contribution >= 4 is 11.8 Å². The van der Waals surface area contributed by atoms with Crippen molar-refractivity contribution in [1.82, 2.24) is 20.6 Å². The molecule has 0 spiro atoms. The number of amides is 1. The number of aromatic nitrogens is 2. The van der Waals surface area contributed by atoms with Gasteiger partial charge < -0.3 is 23.9 Å². The van der Waals surface area contributed by atoms with E-state index < -0.39 is 5.60 Å². The highest BCUT2D eigenvalue weighted by Gasteiger charge is 2.27. The molecule has 2 aromatic rings. The SMILES string of the molecule is C=C(NOc1ccc(OC2CCN(C(=O)OC(C)(C)C)CC2)nn1)c1ccc(OC)cc1. The van der Waals surface area contributed by atoms with E-state index in [-0.39, 0.29) is 18.1 Å². The molecule has 1 aromatic carbocycles. The molecule has 1 aliphatic rings. The maximum atomic E-state index is 12.2. The molecule has 0 bridgehead atoms. The number of hydroxylamine groups is 1. The summed E-state index contributed by atoms with van der Waals surface area (Å²) >= 11 is 0. The minimum Gasteiger partial charge on any atom is -0.497 e. The molecule has 9 heteroatoms. The summed E-state index contributed by atoms with van der Waals surface area (Å²) in [5.41, 5.74) is 3.69. The van der Waals surface area contributed by atoms with E-state index in [2.05, 4.69) is 22.3 Å². The first-order chi connectivity index (χ1) is 15.2. The zero-order valence-corrected chi connectivity index (χ0v) is 19.0. The van der Waals surface area contributed by atoms with Gasteiger partial charge in [0, 0.05) is 43.6 Å². The van der Waals surface area contributed by atoms with Crippen LogP contribution in [0.3, 0.4) is 0 Å². The third-order valence-electron chi connectivity index (χ3n) is 4.71. The number of hydrogen-bond acceptors (Lipinski definition) is 8. The summed E-state index contributed by atoms with van der Waals surface area (Å²) in [5.74, 6) is 1.45. The Kier molecular flexibility index (Phi) is 7.40. The summed E-state index contributed by atoms with van der Waals surface area (Å²) < 4.78 is 16.5. The van der Waals surface area contributed by atoms with Crippen LogP contribution in [0.2, 0.25) is 0 Å². The van der Waals surface area contributed by atoms with Gasteiger partial charge in [0.1, 0.15) is 17.5 Å². The van der Waals surface area contributed by atoms with Crippen molar-refractivity contribution in [2.45, 2.75) is 45.3 Å².